The van der Waals surface area contributed by atoms with E-state index in [9.17, 15) is 0 Å². The molecule has 0 aromatic carbocycles. The van der Waals surface area contributed by atoms with Crippen molar-refractivity contribution in [2.45, 2.75) is 0 Å². The van der Waals surface area contributed by atoms with Crippen molar-refractivity contribution < 1.29 is 0 Å². The molecule has 129 valence electrons. The van der Waals surface area contributed by atoms with Gasteiger partial charge in [0, 0.05) is 305 Å². The van der Waals surface area contributed by atoms with Crippen LogP contribution < -0.4 is 0 Å². The third-order valence-electron chi connectivity index (χ3n) is 8.67. The van der Waals surface area contributed by atoms with E-state index >= 15 is 0 Å². The molecule has 0 aliphatic heterocycles. The van der Waals surface area contributed by atoms with Crippen LogP contribution in [-0.2, 0) is 0 Å². The Balaban J connectivity index is 8.72. The number of hydrogen-bond acceptors (Lipinski definition) is 0. The van der Waals surface area contributed by atoms with Crippen molar-refractivity contribution >= 4 is 305 Å². The fourth-order valence-corrected chi connectivity index (χ4v) is 7.06. The third kappa shape index (κ3) is 12.6. The molecule has 0 heterocycles. The van der Waals surface area contributed by atoms with Crippen molar-refractivity contribution in [1.29, 1.82) is 0 Å². The average Bonchev–Trinajstić information content (AvgIpc) is 2.80. The van der Waals surface area contributed by atoms with Gasteiger partial charge in [-0.15, -0.1) is 0 Å². The maximum Gasteiger partial charge on any atom is 0 e. The van der Waals surface area contributed by atoms with Crippen molar-refractivity contribution in [3.8, 4) is 0 Å². The molecule has 0 N–H and O–H groups in total. The molecule has 0 saturated heterocycles. The van der Waals surface area contributed by atoms with Crippen molar-refractivity contribution in [2.75, 3.05) is 0 Å². The topological polar surface area (TPSA) is 0 Å². The van der Waals surface area contributed by atoms with Crippen LogP contribution in [0, 0.1) is 0 Å². The molecule has 0 aromatic heterocycles. The molecule has 0 aliphatic rings. The number of rotatable bonds is 20. The Hall–Kier alpha value is 2.79. The van der Waals surface area contributed by atoms with Crippen molar-refractivity contribution in [1.82, 2.24) is 0 Å². The zero-order valence-corrected chi connectivity index (χ0v) is 24.8. The van der Waals surface area contributed by atoms with Crippen LogP contribution in [0.4, 0.5) is 0 Å². The first-order chi connectivity index (χ1) is 19.6. The molecule has 0 nitrogen and oxygen atoms in total. The Bertz CT molecular complexity index is 580. The molecule has 0 spiro atoms. The van der Waals surface area contributed by atoms with E-state index in [1.807, 2.05) is 0 Å². The highest BCUT2D eigenvalue weighted by molar-refractivity contribution is 8.33. The molecule has 0 fully saturated rings. The molecule has 0 aromatic rings. The summed E-state index contributed by atoms with van der Waals surface area (Å²) in [5.41, 5.74) is 0. The Morgan fingerprint density at radius 2 is 0.349 bits per heavy atom. The van der Waals surface area contributed by atoms with E-state index in [0.717, 1.165) is 0 Å². The van der Waals surface area contributed by atoms with Crippen LogP contribution in [0.25, 0.3) is 0 Å². The minimum absolute atomic E-state index is 1.04. The Labute approximate surface area is 302 Å². The van der Waals surface area contributed by atoms with Gasteiger partial charge in [-0.3, -0.25) is 0 Å². The molecular weight excluding hydrogens is 465 g/mol. The highest BCUT2D eigenvalue weighted by Gasteiger charge is 2.57. The van der Waals surface area contributed by atoms with Crippen LogP contribution in [-0.4, -0.2) is 305 Å². The van der Waals surface area contributed by atoms with Gasteiger partial charge in [0.15, 0.2) is 0 Å². The van der Waals surface area contributed by atoms with E-state index in [1.165, 1.54) is 7.06 Å². The first kappa shape index (κ1) is 45.8. The van der Waals surface area contributed by atoms with E-state index < -0.39 is 128 Å². The van der Waals surface area contributed by atoms with Crippen molar-refractivity contribution in [2.24, 2.45) is 0 Å². The van der Waals surface area contributed by atoms with E-state index in [-0.39, 0.29) is 0 Å². The Kier molecular flexibility index (Phi) is 22.5. The second-order valence-corrected chi connectivity index (χ2v) is 11.7. The lowest BCUT2D eigenvalue weighted by molar-refractivity contribution is 3.21. The molecule has 0 unspecified atom stereocenters. The monoisotopic (exact) mass is 473 g/mol. The molecule has 0 aliphatic carbocycles. The standard InChI is InChI=1S/B43/c1-23-34(22)40(35(24(2)3)25(4)5)43(41(36(26(6)7)27(8)9)37(28(10)11)29(12)13)42(38(30(14)15)31(16)17)39(32(18)19)33(20)21. The van der Waals surface area contributed by atoms with Crippen LogP contribution in [0.3, 0.4) is 0 Å². The maximum atomic E-state index is 6.68. The van der Waals surface area contributed by atoms with E-state index in [0.29, 0.717) is 0 Å². The first-order valence-corrected chi connectivity index (χ1v) is 14.0. The third-order valence-corrected chi connectivity index (χ3v) is 8.67. The normalized spacial score (nSPS) is 9.58. The molecule has 0 amide bonds. The van der Waals surface area contributed by atoms with Gasteiger partial charge in [-0.1, -0.05) is 0 Å². The van der Waals surface area contributed by atoms with Crippen molar-refractivity contribution in [3.05, 3.63) is 0 Å². The highest BCUT2D eigenvalue weighted by atomic mass is 13.4. The lowest BCUT2D eigenvalue weighted by Gasteiger charge is -2.55. The summed E-state index contributed by atoms with van der Waals surface area (Å²) in [6, 6.07) is 0. The van der Waals surface area contributed by atoms with Gasteiger partial charge in [-0.25, -0.2) is 0 Å². The lowest BCUT2D eigenvalue weighted by Crippen LogP contribution is -2.93. The van der Waals surface area contributed by atoms with Crippen LogP contribution >= 0.6 is 0 Å². The van der Waals surface area contributed by atoms with Gasteiger partial charge in [0.2, 0.25) is 0 Å². The van der Waals surface area contributed by atoms with Gasteiger partial charge >= 0.3 is 0 Å². The van der Waals surface area contributed by atoms with Gasteiger partial charge < -0.3 is 0 Å². The predicted octanol–water partition coefficient (Wildman–Crippen LogP) is -16.4. The Morgan fingerprint density at radius 1 is 0.209 bits per heavy atom. The summed E-state index contributed by atoms with van der Waals surface area (Å²) in [6.07, 6.45) is -23.1. The maximum absolute atomic E-state index is 6.68. The largest absolute Gasteiger partial charge is 0 e. The SMILES string of the molecule is [B][B]B([B])B(B(B([B])[B])B([B])[B])B(B(B(B([B])[B])B([B])[B])B(B([B])[B])B([B])[B])B(B(B([B])[B])B([B])[B])B(B([B])[B])B([B])[B]. The summed E-state index contributed by atoms with van der Waals surface area (Å²) >= 11 is 0. The summed E-state index contributed by atoms with van der Waals surface area (Å²) < 4.78 is 0. The van der Waals surface area contributed by atoms with Gasteiger partial charge in [-0.2, -0.15) is 0 Å². The summed E-state index contributed by atoms with van der Waals surface area (Å²) in [7, 11) is 140. The lowest BCUT2D eigenvalue weighted by atomic mass is 8.26. The van der Waals surface area contributed by atoms with Crippen LogP contribution in [0.5, 0.6) is 0 Å². The molecule has 45 radical (unpaired) electrons. The molecule has 0 saturated carbocycles. The first-order valence-electron chi connectivity index (χ1n) is 14.0. The van der Waals surface area contributed by atoms with Gasteiger partial charge in [-0.05, 0) is 0 Å². The molecular formula is B43. The zero-order chi connectivity index (χ0) is 34.3. The fourth-order valence-electron chi connectivity index (χ4n) is 7.06. The van der Waals surface area contributed by atoms with E-state index in [2.05, 4.69) is 0 Å². The summed E-state index contributed by atoms with van der Waals surface area (Å²) in [6.45, 7) is 0. The second-order valence-electron chi connectivity index (χ2n) is 11.7. The predicted molar refractivity (Wildman–Crippen MR) is 247 cm³/mol. The quantitative estimate of drug-likeness (QED) is 0.157. The van der Waals surface area contributed by atoms with Crippen LogP contribution in [0.2, 0.25) is 0 Å². The van der Waals surface area contributed by atoms with E-state index in [4.69, 9.17) is 170 Å². The molecule has 43 heteroatoms. The van der Waals surface area contributed by atoms with Crippen LogP contribution in [0.1, 0.15) is 0 Å². The van der Waals surface area contributed by atoms with Gasteiger partial charge in [0.1, 0.15) is 0 Å². The zero-order valence-electron chi connectivity index (χ0n) is 24.8. The minimum atomic E-state index is -1.24. The van der Waals surface area contributed by atoms with Crippen LogP contribution in [0.15, 0.2) is 0 Å². The number of hydrogen-bond donors (Lipinski definition) is 0. The average molecular weight is 465 g/mol. The van der Waals surface area contributed by atoms with Gasteiger partial charge in [0.05, 0.1) is 0 Å². The molecule has 0 atom stereocenters. The minimum Gasteiger partial charge on any atom is 0 e. The second kappa shape index (κ2) is 21.1. The Morgan fingerprint density at radius 3 is 0.488 bits per heavy atom. The van der Waals surface area contributed by atoms with Gasteiger partial charge in [0.25, 0.3) is 0 Å². The summed E-state index contributed by atoms with van der Waals surface area (Å²) in [5.74, 6) is 0. The molecule has 43 heavy (non-hydrogen) atoms. The van der Waals surface area contributed by atoms with E-state index in [1.54, 1.807) is 0 Å². The smallest absolute Gasteiger partial charge is 0 e. The fraction of sp³-hybridized carbons (Fsp3) is 0. The molecule has 0 bridgehead atoms. The summed E-state index contributed by atoms with van der Waals surface area (Å²) in [4.78, 5) is 0. The summed E-state index contributed by atoms with van der Waals surface area (Å²) in [5, 5.41) is 0. The highest BCUT2D eigenvalue weighted by Crippen LogP contribution is 2.19. The van der Waals surface area contributed by atoms with Crippen molar-refractivity contribution in [3.63, 3.8) is 0 Å². The molecule has 0 rings (SSSR count).